The summed E-state index contributed by atoms with van der Waals surface area (Å²) in [7, 11) is 0. The lowest BCUT2D eigenvalue weighted by Gasteiger charge is -2.03. The molecule has 0 spiro atoms. The molecule has 0 aliphatic carbocycles. The van der Waals surface area contributed by atoms with Gasteiger partial charge >= 0.3 is 0 Å². The number of amides is 1. The number of carbonyl (C=O) groups is 1. The molecule has 0 aliphatic heterocycles. The molecule has 0 radical (unpaired) electrons. The van der Waals surface area contributed by atoms with Crippen molar-refractivity contribution >= 4 is 5.91 Å². The molecule has 1 unspecified atom stereocenters. The molecule has 1 amide bonds. The molecule has 1 atom stereocenters. The Balaban J connectivity index is 0.000000220. The van der Waals surface area contributed by atoms with Crippen LogP contribution in [0.15, 0.2) is 42.5 Å². The predicted octanol–water partition coefficient (Wildman–Crippen LogP) is 2.98. The summed E-state index contributed by atoms with van der Waals surface area (Å²) in [6.07, 6.45) is 0.512. The highest BCUT2D eigenvalue weighted by molar-refractivity contribution is 5.93. The molecule has 0 heterocycles. The molecule has 118 valence electrons. The molecule has 0 bridgehead atoms. The van der Waals surface area contributed by atoms with Crippen molar-refractivity contribution in [3.05, 3.63) is 70.8 Å². The third kappa shape index (κ3) is 5.61. The number of aliphatic hydroxyl groups is 1. The maximum absolute atomic E-state index is 12.6. The number of aryl methyl sites for hydroxylation is 1. The first-order chi connectivity index (χ1) is 10.3. The molecule has 5 heteroatoms. The first kappa shape index (κ1) is 17.8. The van der Waals surface area contributed by atoms with Crippen LogP contribution in [0.4, 0.5) is 8.78 Å². The number of benzene rings is 2. The van der Waals surface area contributed by atoms with Crippen LogP contribution >= 0.6 is 0 Å². The zero-order valence-electron chi connectivity index (χ0n) is 12.5. The Morgan fingerprint density at radius 1 is 1.14 bits per heavy atom. The first-order valence-corrected chi connectivity index (χ1v) is 6.78. The lowest BCUT2D eigenvalue weighted by atomic mass is 10.1. The van der Waals surface area contributed by atoms with Crippen molar-refractivity contribution in [3.8, 4) is 0 Å². The predicted molar refractivity (Wildman–Crippen MR) is 81.4 cm³/mol. The fourth-order valence-corrected chi connectivity index (χ4v) is 1.80. The van der Waals surface area contributed by atoms with Crippen LogP contribution in [0.3, 0.4) is 0 Å². The highest BCUT2D eigenvalue weighted by Gasteiger charge is 2.12. The van der Waals surface area contributed by atoms with Gasteiger partial charge in [0.05, 0.1) is 6.10 Å². The van der Waals surface area contributed by atoms with E-state index < -0.39 is 23.1 Å². The van der Waals surface area contributed by atoms with Crippen LogP contribution in [0.25, 0.3) is 0 Å². The summed E-state index contributed by atoms with van der Waals surface area (Å²) >= 11 is 0. The Bertz CT molecular complexity index is 605. The van der Waals surface area contributed by atoms with Gasteiger partial charge in [-0.05, 0) is 38.0 Å². The summed E-state index contributed by atoms with van der Waals surface area (Å²) in [6, 6.07) is 11.4. The summed E-state index contributed by atoms with van der Waals surface area (Å²) in [4.78, 5) is 10.4. The van der Waals surface area contributed by atoms with E-state index >= 15 is 0 Å². The normalized spacial score (nSPS) is 11.3. The third-order valence-corrected chi connectivity index (χ3v) is 2.86. The topological polar surface area (TPSA) is 63.3 Å². The molecule has 0 saturated carbocycles. The SMILES string of the molecule is Cc1ccc(CC(C)O)cc1.NC(=O)c1c(F)cccc1F. The van der Waals surface area contributed by atoms with Gasteiger partial charge in [-0.15, -0.1) is 0 Å². The first-order valence-electron chi connectivity index (χ1n) is 6.78. The van der Waals surface area contributed by atoms with E-state index in [1.54, 1.807) is 6.92 Å². The Hall–Kier alpha value is -2.27. The van der Waals surface area contributed by atoms with Crippen molar-refractivity contribution in [1.29, 1.82) is 0 Å². The van der Waals surface area contributed by atoms with Gasteiger partial charge in [-0.25, -0.2) is 8.78 Å². The van der Waals surface area contributed by atoms with Gasteiger partial charge in [0, 0.05) is 0 Å². The van der Waals surface area contributed by atoms with Crippen LogP contribution in [0.2, 0.25) is 0 Å². The van der Waals surface area contributed by atoms with Gasteiger partial charge < -0.3 is 10.8 Å². The molecule has 0 saturated heterocycles. The number of primary amides is 1. The van der Waals surface area contributed by atoms with E-state index in [0.29, 0.717) is 0 Å². The van der Waals surface area contributed by atoms with Gasteiger partial charge in [-0.1, -0.05) is 35.9 Å². The van der Waals surface area contributed by atoms with Crippen LogP contribution in [0.1, 0.15) is 28.4 Å². The molecule has 0 aromatic heterocycles. The zero-order valence-corrected chi connectivity index (χ0v) is 12.5. The molecule has 2 aromatic rings. The van der Waals surface area contributed by atoms with Gasteiger partial charge in [0.2, 0.25) is 0 Å². The monoisotopic (exact) mass is 307 g/mol. The number of carbonyl (C=O) groups excluding carboxylic acids is 1. The second-order valence-corrected chi connectivity index (χ2v) is 5.00. The Kier molecular flexibility index (Phi) is 6.66. The summed E-state index contributed by atoms with van der Waals surface area (Å²) in [5.74, 6) is -2.96. The summed E-state index contributed by atoms with van der Waals surface area (Å²) in [6.45, 7) is 3.87. The van der Waals surface area contributed by atoms with Crippen LogP contribution in [-0.2, 0) is 6.42 Å². The fourth-order valence-electron chi connectivity index (χ4n) is 1.80. The van der Waals surface area contributed by atoms with E-state index in [0.717, 1.165) is 24.6 Å². The summed E-state index contributed by atoms with van der Waals surface area (Å²) < 4.78 is 25.1. The van der Waals surface area contributed by atoms with Crippen molar-refractivity contribution < 1.29 is 18.7 Å². The van der Waals surface area contributed by atoms with Crippen molar-refractivity contribution in [2.75, 3.05) is 0 Å². The highest BCUT2D eigenvalue weighted by atomic mass is 19.1. The Labute approximate surface area is 128 Å². The molecule has 3 nitrogen and oxygen atoms in total. The fraction of sp³-hybridized carbons (Fsp3) is 0.235. The molecule has 0 aliphatic rings. The lowest BCUT2D eigenvalue weighted by molar-refractivity contribution is 0.0992. The number of hydrogen-bond acceptors (Lipinski definition) is 2. The highest BCUT2D eigenvalue weighted by Crippen LogP contribution is 2.10. The van der Waals surface area contributed by atoms with E-state index in [-0.39, 0.29) is 6.10 Å². The van der Waals surface area contributed by atoms with Gasteiger partial charge in [-0.2, -0.15) is 0 Å². The van der Waals surface area contributed by atoms with Crippen LogP contribution in [0.5, 0.6) is 0 Å². The van der Waals surface area contributed by atoms with Gasteiger partial charge in [0.1, 0.15) is 17.2 Å². The standard InChI is InChI=1S/C10H14O.C7H5F2NO/c1-8-3-5-10(6-4-8)7-9(2)11;8-4-2-1-3-5(9)6(4)7(10)11/h3-6,9,11H,7H2,1-2H3;1-3H,(H2,10,11). The minimum Gasteiger partial charge on any atom is -0.393 e. The van der Waals surface area contributed by atoms with Crippen LogP contribution < -0.4 is 5.73 Å². The largest absolute Gasteiger partial charge is 0.393 e. The molecule has 2 aromatic carbocycles. The Morgan fingerprint density at radius 2 is 1.64 bits per heavy atom. The number of halogens is 2. The molecule has 2 rings (SSSR count). The summed E-state index contributed by atoms with van der Waals surface area (Å²) in [5.41, 5.74) is 6.47. The van der Waals surface area contributed by atoms with Crippen LogP contribution in [0, 0.1) is 18.6 Å². The maximum Gasteiger partial charge on any atom is 0.254 e. The third-order valence-electron chi connectivity index (χ3n) is 2.86. The van der Waals surface area contributed by atoms with Crippen LogP contribution in [-0.4, -0.2) is 17.1 Å². The quantitative estimate of drug-likeness (QED) is 0.915. The molecule has 3 N–H and O–H groups in total. The van der Waals surface area contributed by atoms with Crippen molar-refractivity contribution in [2.45, 2.75) is 26.4 Å². The van der Waals surface area contributed by atoms with Crippen molar-refractivity contribution in [2.24, 2.45) is 5.73 Å². The molecule has 0 fully saturated rings. The number of rotatable bonds is 3. The zero-order chi connectivity index (χ0) is 16.7. The molecule has 22 heavy (non-hydrogen) atoms. The summed E-state index contributed by atoms with van der Waals surface area (Å²) in [5, 5.41) is 9.08. The van der Waals surface area contributed by atoms with Crippen molar-refractivity contribution in [1.82, 2.24) is 0 Å². The second-order valence-electron chi connectivity index (χ2n) is 5.00. The average molecular weight is 307 g/mol. The second kappa shape index (κ2) is 8.24. The number of hydrogen-bond donors (Lipinski definition) is 2. The average Bonchev–Trinajstić information content (AvgIpc) is 2.41. The number of aliphatic hydroxyl groups excluding tert-OH is 1. The van der Waals surface area contributed by atoms with E-state index in [9.17, 15) is 13.6 Å². The smallest absolute Gasteiger partial charge is 0.254 e. The molecular weight excluding hydrogens is 288 g/mol. The Morgan fingerprint density at radius 3 is 2.00 bits per heavy atom. The van der Waals surface area contributed by atoms with Gasteiger partial charge in [0.15, 0.2) is 0 Å². The van der Waals surface area contributed by atoms with E-state index in [1.165, 1.54) is 11.1 Å². The number of nitrogens with two attached hydrogens (primary N) is 1. The van der Waals surface area contributed by atoms with Crippen molar-refractivity contribution in [3.63, 3.8) is 0 Å². The van der Waals surface area contributed by atoms with Gasteiger partial charge in [0.25, 0.3) is 5.91 Å². The van der Waals surface area contributed by atoms with E-state index in [1.807, 2.05) is 0 Å². The molecular formula is C17H19F2NO2. The van der Waals surface area contributed by atoms with E-state index in [2.05, 4.69) is 31.2 Å². The minimum absolute atomic E-state index is 0.238. The lowest BCUT2D eigenvalue weighted by Crippen LogP contribution is -2.15. The van der Waals surface area contributed by atoms with Gasteiger partial charge in [-0.3, -0.25) is 4.79 Å². The van der Waals surface area contributed by atoms with E-state index in [4.69, 9.17) is 10.8 Å². The minimum atomic E-state index is -1.10. The maximum atomic E-state index is 12.6.